The van der Waals surface area contributed by atoms with Gasteiger partial charge < -0.3 is 14.6 Å². The maximum absolute atomic E-state index is 11.1. The molecule has 1 unspecified atom stereocenters. The standard InChI is InChI=1S/C18H36O4/c1-3-5-6-7-8-9-10-11-12-13-14-21-16-17(15-19)22-18(20)4-2/h17,19H,3-16H2,1-2H3. The first-order valence-electron chi connectivity index (χ1n) is 9.12. The van der Waals surface area contributed by atoms with Gasteiger partial charge in [0, 0.05) is 13.0 Å². The Morgan fingerprint density at radius 3 is 1.95 bits per heavy atom. The van der Waals surface area contributed by atoms with Crippen LogP contribution in [0.15, 0.2) is 0 Å². The zero-order valence-corrected chi connectivity index (χ0v) is 14.6. The van der Waals surface area contributed by atoms with E-state index < -0.39 is 6.10 Å². The third-order valence-corrected chi connectivity index (χ3v) is 3.74. The summed E-state index contributed by atoms with van der Waals surface area (Å²) in [6, 6.07) is 0. The normalized spacial score (nSPS) is 12.3. The van der Waals surface area contributed by atoms with Crippen molar-refractivity contribution in [3.05, 3.63) is 0 Å². The monoisotopic (exact) mass is 316 g/mol. The summed E-state index contributed by atoms with van der Waals surface area (Å²) < 4.78 is 10.5. The second kappa shape index (κ2) is 16.8. The molecule has 0 saturated carbocycles. The third-order valence-electron chi connectivity index (χ3n) is 3.74. The lowest BCUT2D eigenvalue weighted by Gasteiger charge is -2.15. The maximum atomic E-state index is 11.1. The summed E-state index contributed by atoms with van der Waals surface area (Å²) in [7, 11) is 0. The van der Waals surface area contributed by atoms with Gasteiger partial charge in [0.25, 0.3) is 0 Å². The van der Waals surface area contributed by atoms with Gasteiger partial charge in [-0.3, -0.25) is 4.79 Å². The number of carbonyl (C=O) groups is 1. The number of carbonyl (C=O) groups excluding carboxylic acids is 1. The number of esters is 1. The Morgan fingerprint density at radius 1 is 0.909 bits per heavy atom. The predicted octanol–water partition coefficient (Wildman–Crippen LogP) is 4.24. The van der Waals surface area contributed by atoms with Crippen molar-refractivity contribution < 1.29 is 19.4 Å². The molecular weight excluding hydrogens is 280 g/mol. The lowest BCUT2D eigenvalue weighted by molar-refractivity contribution is -0.154. The fraction of sp³-hybridized carbons (Fsp3) is 0.944. The predicted molar refractivity (Wildman–Crippen MR) is 89.9 cm³/mol. The second-order valence-corrected chi connectivity index (χ2v) is 5.90. The van der Waals surface area contributed by atoms with Gasteiger partial charge in [-0.2, -0.15) is 0 Å². The summed E-state index contributed by atoms with van der Waals surface area (Å²) in [4.78, 5) is 11.1. The molecular formula is C18H36O4. The van der Waals surface area contributed by atoms with Crippen LogP contribution >= 0.6 is 0 Å². The Kier molecular flexibility index (Phi) is 16.3. The summed E-state index contributed by atoms with van der Waals surface area (Å²) in [5.74, 6) is -0.290. The van der Waals surface area contributed by atoms with Gasteiger partial charge in [-0.15, -0.1) is 0 Å². The number of ether oxygens (including phenoxy) is 2. The number of rotatable bonds is 16. The van der Waals surface area contributed by atoms with Gasteiger partial charge in [0.2, 0.25) is 0 Å². The van der Waals surface area contributed by atoms with E-state index in [2.05, 4.69) is 6.92 Å². The van der Waals surface area contributed by atoms with Crippen molar-refractivity contribution in [2.24, 2.45) is 0 Å². The Hall–Kier alpha value is -0.610. The van der Waals surface area contributed by atoms with E-state index in [-0.39, 0.29) is 12.6 Å². The van der Waals surface area contributed by atoms with E-state index in [1.165, 1.54) is 57.8 Å². The molecule has 0 aliphatic heterocycles. The minimum atomic E-state index is -0.518. The molecule has 0 aliphatic rings. The van der Waals surface area contributed by atoms with Gasteiger partial charge in [-0.05, 0) is 6.42 Å². The molecule has 0 aliphatic carbocycles. The second-order valence-electron chi connectivity index (χ2n) is 5.90. The lowest BCUT2D eigenvalue weighted by Crippen LogP contribution is -2.27. The molecule has 0 bridgehead atoms. The molecule has 0 aromatic carbocycles. The van der Waals surface area contributed by atoms with Crippen LogP contribution < -0.4 is 0 Å². The number of aliphatic hydroxyl groups excluding tert-OH is 1. The molecule has 0 radical (unpaired) electrons. The molecule has 0 heterocycles. The quantitative estimate of drug-likeness (QED) is 0.342. The SMILES string of the molecule is CCCCCCCCCCCCOCC(CO)OC(=O)CC. The molecule has 0 fully saturated rings. The van der Waals surface area contributed by atoms with Gasteiger partial charge in [0.1, 0.15) is 6.10 Å². The Labute approximate surface area is 136 Å². The van der Waals surface area contributed by atoms with Gasteiger partial charge in [0.15, 0.2) is 0 Å². The van der Waals surface area contributed by atoms with Crippen LogP contribution in [0, 0.1) is 0 Å². The summed E-state index contributed by atoms with van der Waals surface area (Å²) in [6.45, 7) is 4.78. The first-order valence-corrected chi connectivity index (χ1v) is 9.12. The topological polar surface area (TPSA) is 55.8 Å². The largest absolute Gasteiger partial charge is 0.457 e. The smallest absolute Gasteiger partial charge is 0.305 e. The summed E-state index contributed by atoms with van der Waals surface area (Å²) >= 11 is 0. The van der Waals surface area contributed by atoms with E-state index in [0.717, 1.165) is 6.42 Å². The van der Waals surface area contributed by atoms with Crippen molar-refractivity contribution in [3.63, 3.8) is 0 Å². The van der Waals surface area contributed by atoms with Crippen LogP contribution in [0.2, 0.25) is 0 Å². The first kappa shape index (κ1) is 21.4. The molecule has 0 aromatic heterocycles. The van der Waals surface area contributed by atoms with Crippen molar-refractivity contribution in [3.8, 4) is 0 Å². The van der Waals surface area contributed by atoms with Crippen molar-refractivity contribution in [1.29, 1.82) is 0 Å². The van der Waals surface area contributed by atoms with Crippen molar-refractivity contribution in [1.82, 2.24) is 0 Å². The fourth-order valence-corrected chi connectivity index (χ4v) is 2.30. The molecule has 1 N–H and O–H groups in total. The maximum Gasteiger partial charge on any atom is 0.305 e. The molecule has 0 spiro atoms. The minimum absolute atomic E-state index is 0.177. The van der Waals surface area contributed by atoms with Gasteiger partial charge >= 0.3 is 5.97 Å². The summed E-state index contributed by atoms with van der Waals surface area (Å²) in [5, 5.41) is 9.09. The van der Waals surface area contributed by atoms with Crippen LogP contribution in [0.4, 0.5) is 0 Å². The van der Waals surface area contributed by atoms with Gasteiger partial charge in [0.05, 0.1) is 13.2 Å². The molecule has 132 valence electrons. The molecule has 22 heavy (non-hydrogen) atoms. The molecule has 1 atom stereocenters. The highest BCUT2D eigenvalue weighted by atomic mass is 16.6. The third kappa shape index (κ3) is 14.3. The van der Waals surface area contributed by atoms with Crippen LogP contribution in [0.1, 0.15) is 84.5 Å². The average molecular weight is 316 g/mol. The molecule has 0 saturated heterocycles. The van der Waals surface area contributed by atoms with E-state index in [4.69, 9.17) is 14.6 Å². The van der Waals surface area contributed by atoms with E-state index in [1.54, 1.807) is 6.92 Å². The lowest BCUT2D eigenvalue weighted by atomic mass is 10.1. The summed E-state index contributed by atoms with van der Waals surface area (Å²) in [5.41, 5.74) is 0. The minimum Gasteiger partial charge on any atom is -0.457 e. The zero-order valence-electron chi connectivity index (χ0n) is 14.6. The number of hydrogen-bond acceptors (Lipinski definition) is 4. The van der Waals surface area contributed by atoms with Crippen molar-refractivity contribution in [2.75, 3.05) is 19.8 Å². The van der Waals surface area contributed by atoms with Crippen LogP contribution in [0.3, 0.4) is 0 Å². The van der Waals surface area contributed by atoms with Gasteiger partial charge in [-0.1, -0.05) is 71.6 Å². The van der Waals surface area contributed by atoms with Crippen LogP contribution in [0.5, 0.6) is 0 Å². The summed E-state index contributed by atoms with van der Waals surface area (Å²) in [6.07, 6.45) is 12.8. The molecule has 4 nitrogen and oxygen atoms in total. The highest BCUT2D eigenvalue weighted by molar-refractivity contribution is 5.69. The first-order chi connectivity index (χ1) is 10.7. The average Bonchev–Trinajstić information content (AvgIpc) is 2.54. The molecule has 0 amide bonds. The number of aliphatic hydroxyl groups is 1. The van der Waals surface area contributed by atoms with Crippen molar-refractivity contribution >= 4 is 5.97 Å². The van der Waals surface area contributed by atoms with E-state index >= 15 is 0 Å². The van der Waals surface area contributed by atoms with E-state index in [0.29, 0.717) is 19.6 Å². The highest BCUT2D eigenvalue weighted by Gasteiger charge is 2.11. The molecule has 4 heteroatoms. The molecule has 0 aromatic rings. The Bertz CT molecular complexity index is 243. The van der Waals surface area contributed by atoms with Crippen LogP contribution in [-0.2, 0) is 14.3 Å². The Morgan fingerprint density at radius 2 is 1.45 bits per heavy atom. The zero-order chi connectivity index (χ0) is 16.5. The van der Waals surface area contributed by atoms with Crippen molar-refractivity contribution in [2.45, 2.75) is 90.6 Å². The Balaban J connectivity index is 3.26. The fourth-order valence-electron chi connectivity index (χ4n) is 2.30. The van der Waals surface area contributed by atoms with E-state index in [9.17, 15) is 4.79 Å². The highest BCUT2D eigenvalue weighted by Crippen LogP contribution is 2.10. The molecule has 0 rings (SSSR count). The van der Waals surface area contributed by atoms with Crippen LogP contribution in [0.25, 0.3) is 0 Å². The number of unbranched alkanes of at least 4 members (excludes halogenated alkanes) is 9. The number of hydrogen-bond donors (Lipinski definition) is 1. The van der Waals surface area contributed by atoms with E-state index in [1.807, 2.05) is 0 Å². The van der Waals surface area contributed by atoms with Crippen LogP contribution in [-0.4, -0.2) is 37.0 Å². The van der Waals surface area contributed by atoms with Gasteiger partial charge in [-0.25, -0.2) is 0 Å².